The highest BCUT2D eigenvalue weighted by Crippen LogP contribution is 2.30. The van der Waals surface area contributed by atoms with E-state index in [1.807, 2.05) is 0 Å². The average molecular weight is 282 g/mol. The van der Waals surface area contributed by atoms with Gasteiger partial charge in [0.15, 0.2) is 0 Å². The number of hydrogen-bond acceptors (Lipinski definition) is 5. The van der Waals surface area contributed by atoms with Gasteiger partial charge in [-0.2, -0.15) is 9.37 Å². The quantitative estimate of drug-likeness (QED) is 0.463. The summed E-state index contributed by atoms with van der Waals surface area (Å²) in [5.74, 6) is 0. The number of hydroxylamine groups is 2. The Morgan fingerprint density at radius 2 is 2.29 bits per heavy atom. The van der Waals surface area contributed by atoms with E-state index in [2.05, 4.69) is 10.3 Å². The van der Waals surface area contributed by atoms with Crippen molar-refractivity contribution >= 4 is 28.1 Å². The SMILES string of the molecule is ClC1CC1.[O-][N+]1(c2ncc(F)s2)CNCC1O. The van der Waals surface area contributed by atoms with Crippen LogP contribution >= 0.6 is 22.9 Å². The lowest BCUT2D eigenvalue weighted by Crippen LogP contribution is -2.48. The minimum Gasteiger partial charge on any atom is -0.623 e. The number of aromatic nitrogens is 1. The zero-order valence-corrected chi connectivity index (χ0v) is 10.5. The van der Waals surface area contributed by atoms with Gasteiger partial charge in [0.1, 0.15) is 6.67 Å². The first-order valence-corrected chi connectivity index (χ1v) is 6.51. The summed E-state index contributed by atoms with van der Waals surface area (Å²) in [6, 6.07) is 0. The van der Waals surface area contributed by atoms with Crippen molar-refractivity contribution in [1.29, 1.82) is 0 Å². The van der Waals surface area contributed by atoms with Crippen LogP contribution in [-0.2, 0) is 0 Å². The Bertz CT molecular complexity index is 390. The van der Waals surface area contributed by atoms with Crippen LogP contribution < -0.4 is 9.96 Å². The minimum atomic E-state index is -1.09. The standard InChI is InChI=1S/C6H8FN3O2S.C3H5Cl/c7-4-1-9-6(13-4)10(12)3-8-2-5(10)11;4-3-1-2-3/h1,5,8,11H,2-3H2;3H,1-2H2. The molecule has 2 N–H and O–H groups in total. The van der Waals surface area contributed by atoms with Crippen LogP contribution in [0, 0.1) is 10.3 Å². The molecule has 8 heteroatoms. The fourth-order valence-electron chi connectivity index (χ4n) is 1.29. The summed E-state index contributed by atoms with van der Waals surface area (Å²) in [4.78, 5) is 3.62. The van der Waals surface area contributed by atoms with Gasteiger partial charge in [0.2, 0.25) is 11.4 Å². The van der Waals surface area contributed by atoms with Gasteiger partial charge in [-0.05, 0) is 24.2 Å². The number of nitrogens with zero attached hydrogens (tertiary/aromatic N) is 2. The van der Waals surface area contributed by atoms with Gasteiger partial charge in [0.25, 0.3) is 5.13 Å². The molecule has 3 rings (SSSR count). The van der Waals surface area contributed by atoms with Gasteiger partial charge in [-0.3, -0.25) is 9.96 Å². The molecule has 1 saturated carbocycles. The second-order valence-electron chi connectivity index (χ2n) is 4.01. The molecule has 2 heterocycles. The van der Waals surface area contributed by atoms with E-state index in [-0.39, 0.29) is 18.3 Å². The van der Waals surface area contributed by atoms with E-state index in [4.69, 9.17) is 11.6 Å². The second kappa shape index (κ2) is 5.13. The molecule has 0 spiro atoms. The van der Waals surface area contributed by atoms with Gasteiger partial charge >= 0.3 is 0 Å². The number of nitrogens with one attached hydrogen (secondary N) is 1. The summed E-state index contributed by atoms with van der Waals surface area (Å²) >= 11 is 6.06. The number of hydrogen-bond donors (Lipinski definition) is 2. The zero-order chi connectivity index (χ0) is 12.5. The van der Waals surface area contributed by atoms with Crippen LogP contribution in [0.4, 0.5) is 9.52 Å². The van der Waals surface area contributed by atoms with Crippen LogP contribution in [0.3, 0.4) is 0 Å². The first-order chi connectivity index (χ1) is 8.02. The van der Waals surface area contributed by atoms with Gasteiger partial charge in [-0.25, -0.2) is 0 Å². The summed E-state index contributed by atoms with van der Waals surface area (Å²) < 4.78 is 11.6. The van der Waals surface area contributed by atoms with Crippen molar-refractivity contribution in [2.75, 3.05) is 13.2 Å². The van der Waals surface area contributed by atoms with E-state index < -0.39 is 16.0 Å². The van der Waals surface area contributed by atoms with Gasteiger partial charge in [0, 0.05) is 5.38 Å². The van der Waals surface area contributed by atoms with Crippen molar-refractivity contribution < 1.29 is 9.50 Å². The van der Waals surface area contributed by atoms with Crippen LogP contribution in [0.1, 0.15) is 12.8 Å². The number of aliphatic hydroxyl groups is 1. The molecule has 0 amide bonds. The Balaban J connectivity index is 0.000000228. The summed E-state index contributed by atoms with van der Waals surface area (Å²) in [5.41, 5.74) is 0. The molecule has 0 aromatic carbocycles. The highest BCUT2D eigenvalue weighted by molar-refractivity contribution is 7.13. The summed E-state index contributed by atoms with van der Waals surface area (Å²) in [6.07, 6.45) is 2.40. The summed E-state index contributed by atoms with van der Waals surface area (Å²) in [7, 11) is 0. The lowest BCUT2D eigenvalue weighted by atomic mass is 10.5. The largest absolute Gasteiger partial charge is 0.623 e. The lowest BCUT2D eigenvalue weighted by Gasteiger charge is -2.36. The molecule has 0 bridgehead atoms. The summed E-state index contributed by atoms with van der Waals surface area (Å²) in [5, 5.41) is 24.0. The molecule has 1 aliphatic heterocycles. The van der Waals surface area contributed by atoms with Crippen molar-refractivity contribution in [3.8, 4) is 0 Å². The normalized spacial score (nSPS) is 32.1. The Morgan fingerprint density at radius 1 is 1.65 bits per heavy atom. The first-order valence-electron chi connectivity index (χ1n) is 5.26. The minimum absolute atomic E-state index is 0.0358. The van der Waals surface area contributed by atoms with Crippen LogP contribution in [-0.4, -0.2) is 34.9 Å². The predicted octanol–water partition coefficient (Wildman–Crippen LogP) is 1.35. The molecule has 1 aliphatic carbocycles. The van der Waals surface area contributed by atoms with Gasteiger partial charge in [-0.1, -0.05) is 0 Å². The van der Waals surface area contributed by atoms with Crippen molar-refractivity contribution in [2.45, 2.75) is 24.4 Å². The number of rotatable bonds is 1. The molecule has 2 aliphatic rings. The van der Waals surface area contributed by atoms with Crippen molar-refractivity contribution in [1.82, 2.24) is 14.9 Å². The first kappa shape index (κ1) is 13.1. The molecule has 5 nitrogen and oxygen atoms in total. The molecule has 2 unspecified atom stereocenters. The van der Waals surface area contributed by atoms with E-state index in [1.54, 1.807) is 0 Å². The van der Waals surface area contributed by atoms with E-state index in [9.17, 15) is 14.7 Å². The van der Waals surface area contributed by atoms with Gasteiger partial charge < -0.3 is 10.3 Å². The number of alkyl halides is 1. The highest BCUT2D eigenvalue weighted by atomic mass is 35.5. The number of aliphatic hydroxyl groups excluding tert-OH is 1. The van der Waals surface area contributed by atoms with E-state index >= 15 is 0 Å². The smallest absolute Gasteiger partial charge is 0.292 e. The Kier molecular flexibility index (Phi) is 3.96. The van der Waals surface area contributed by atoms with E-state index in [1.165, 1.54) is 12.8 Å². The van der Waals surface area contributed by atoms with Gasteiger partial charge in [0.05, 0.1) is 12.7 Å². The van der Waals surface area contributed by atoms with Crippen LogP contribution in [0.5, 0.6) is 0 Å². The molecule has 0 radical (unpaired) electrons. The molecular weight excluding hydrogens is 269 g/mol. The summed E-state index contributed by atoms with van der Waals surface area (Å²) in [6.45, 7) is 0.249. The fraction of sp³-hybridized carbons (Fsp3) is 0.667. The van der Waals surface area contributed by atoms with Crippen molar-refractivity contribution in [3.63, 3.8) is 0 Å². The number of thiazole rings is 1. The third kappa shape index (κ3) is 3.12. The molecular formula is C9H13ClFN3O2S. The molecule has 1 aromatic rings. The van der Waals surface area contributed by atoms with E-state index in [0.29, 0.717) is 16.7 Å². The van der Waals surface area contributed by atoms with Gasteiger partial charge in [-0.15, -0.1) is 11.6 Å². The average Bonchev–Trinajstić information content (AvgIpc) is 2.80. The maximum absolute atomic E-state index is 12.6. The number of halogens is 2. The third-order valence-electron chi connectivity index (χ3n) is 2.45. The monoisotopic (exact) mass is 281 g/mol. The zero-order valence-electron chi connectivity index (χ0n) is 8.97. The molecule has 17 heavy (non-hydrogen) atoms. The van der Waals surface area contributed by atoms with Crippen LogP contribution in [0.15, 0.2) is 6.20 Å². The topological polar surface area (TPSA) is 68.2 Å². The maximum Gasteiger partial charge on any atom is 0.292 e. The molecule has 96 valence electrons. The highest BCUT2D eigenvalue weighted by Gasteiger charge is 2.37. The van der Waals surface area contributed by atoms with Crippen LogP contribution in [0.2, 0.25) is 0 Å². The predicted molar refractivity (Wildman–Crippen MR) is 65.0 cm³/mol. The number of quaternary nitrogens is 1. The molecule has 2 atom stereocenters. The Morgan fingerprint density at radius 3 is 2.65 bits per heavy atom. The fourth-order valence-corrected chi connectivity index (χ4v) is 2.14. The maximum atomic E-state index is 12.6. The number of β-amino-alcohol motifs (C(OH)–C–C–N with tert-alkyl or cyclic N) is 1. The molecule has 2 fully saturated rings. The van der Waals surface area contributed by atoms with Crippen LogP contribution in [0.25, 0.3) is 0 Å². The van der Waals surface area contributed by atoms with Crippen molar-refractivity contribution in [3.05, 3.63) is 16.5 Å². The third-order valence-corrected chi connectivity index (χ3v) is 3.78. The Hall–Kier alpha value is -0.310. The Labute approximate surface area is 107 Å². The lowest BCUT2D eigenvalue weighted by molar-refractivity contribution is 0.0850. The van der Waals surface area contributed by atoms with E-state index in [0.717, 1.165) is 6.20 Å². The second-order valence-corrected chi connectivity index (χ2v) is 5.59. The molecule has 1 saturated heterocycles. The molecule has 1 aromatic heterocycles. The van der Waals surface area contributed by atoms with Crippen molar-refractivity contribution in [2.24, 2.45) is 0 Å².